The van der Waals surface area contributed by atoms with Gasteiger partial charge in [0.2, 0.25) is 0 Å². The number of carbonyl (C=O) groups excluding carboxylic acids is 1. The molecular weight excluding hydrogens is 320 g/mol. The van der Waals surface area contributed by atoms with Gasteiger partial charge in [0, 0.05) is 17.9 Å². The predicted molar refractivity (Wildman–Crippen MR) is 105 cm³/mol. The minimum Gasteiger partial charge on any atom is -0.458 e. The van der Waals surface area contributed by atoms with Crippen molar-refractivity contribution in [1.29, 1.82) is 0 Å². The first-order valence-corrected chi connectivity index (χ1v) is 9.96. The van der Waals surface area contributed by atoms with Gasteiger partial charge in [-0.3, -0.25) is 4.79 Å². The van der Waals surface area contributed by atoms with E-state index in [9.17, 15) is 4.79 Å². The van der Waals surface area contributed by atoms with Crippen molar-refractivity contribution in [1.82, 2.24) is 0 Å². The quantitative estimate of drug-likeness (QED) is 0.602. The van der Waals surface area contributed by atoms with Crippen LogP contribution in [0.4, 0.5) is 0 Å². The van der Waals surface area contributed by atoms with Gasteiger partial charge in [-0.1, -0.05) is 39.8 Å². The Balaban J connectivity index is 1.87. The second-order valence-electron chi connectivity index (χ2n) is 9.61. The molecular formula is C24H30O2. The molecule has 2 heteroatoms. The van der Waals surface area contributed by atoms with Crippen LogP contribution in [0.3, 0.4) is 0 Å². The summed E-state index contributed by atoms with van der Waals surface area (Å²) in [5, 5.41) is 0. The fourth-order valence-corrected chi connectivity index (χ4v) is 5.07. The summed E-state index contributed by atoms with van der Waals surface area (Å²) in [5.41, 5.74) is 7.53. The maximum Gasteiger partial charge on any atom is 0.185 e. The van der Waals surface area contributed by atoms with Gasteiger partial charge in [0.15, 0.2) is 12.0 Å². The molecule has 0 saturated heterocycles. The molecule has 0 amide bonds. The Labute approximate surface area is 157 Å². The lowest BCUT2D eigenvalue weighted by atomic mass is 9.62. The number of fused-ring (bicyclic) bond motifs is 2. The molecule has 26 heavy (non-hydrogen) atoms. The number of benzene rings is 1. The lowest BCUT2D eigenvalue weighted by Crippen LogP contribution is -2.34. The van der Waals surface area contributed by atoms with Crippen LogP contribution in [-0.2, 0) is 17.3 Å². The average molecular weight is 351 g/mol. The maximum atomic E-state index is 11.2. The van der Waals surface area contributed by atoms with E-state index < -0.39 is 0 Å². The summed E-state index contributed by atoms with van der Waals surface area (Å²) < 4.78 is 5.77. The molecule has 0 fully saturated rings. The predicted octanol–water partition coefficient (Wildman–Crippen LogP) is 6.22. The second-order valence-corrected chi connectivity index (χ2v) is 9.61. The van der Waals surface area contributed by atoms with Crippen molar-refractivity contribution in [2.24, 2.45) is 0 Å². The van der Waals surface area contributed by atoms with E-state index in [1.165, 1.54) is 40.7 Å². The van der Waals surface area contributed by atoms with E-state index in [1.807, 2.05) is 6.07 Å². The first-order chi connectivity index (χ1) is 12.2. The van der Waals surface area contributed by atoms with Gasteiger partial charge in [-0.05, 0) is 71.8 Å². The van der Waals surface area contributed by atoms with Crippen LogP contribution in [0.25, 0.3) is 0 Å². The van der Waals surface area contributed by atoms with Crippen molar-refractivity contribution in [3.05, 3.63) is 57.5 Å². The zero-order chi connectivity index (χ0) is 18.7. The van der Waals surface area contributed by atoms with Crippen molar-refractivity contribution in [3.8, 4) is 0 Å². The van der Waals surface area contributed by atoms with Gasteiger partial charge in [0.05, 0.1) is 0 Å². The van der Waals surface area contributed by atoms with E-state index in [1.54, 1.807) is 0 Å². The number of hydrogen-bond acceptors (Lipinski definition) is 2. The van der Waals surface area contributed by atoms with Gasteiger partial charge >= 0.3 is 0 Å². The van der Waals surface area contributed by atoms with E-state index in [0.29, 0.717) is 11.7 Å². The fourth-order valence-electron chi connectivity index (χ4n) is 5.07. The summed E-state index contributed by atoms with van der Waals surface area (Å²) in [6.07, 6.45) is 6.50. The van der Waals surface area contributed by atoms with Gasteiger partial charge in [-0.15, -0.1) is 0 Å². The molecule has 0 radical (unpaired) electrons. The standard InChI is InChI=1S/C24H30O2/c1-15-11-20-21(24(4,5)10-9-23(20,2)3)13-18(15)17-7-6-8-22-19(17)12-16(14-25)26-22/h11-14,17H,6-10H2,1-5H3. The van der Waals surface area contributed by atoms with E-state index in [0.717, 1.165) is 31.3 Å². The van der Waals surface area contributed by atoms with Crippen LogP contribution in [0, 0.1) is 6.92 Å². The third-order valence-corrected chi connectivity index (χ3v) is 6.86. The fraction of sp³-hybridized carbons (Fsp3) is 0.542. The Morgan fingerprint density at radius 3 is 2.31 bits per heavy atom. The minimum absolute atomic E-state index is 0.217. The van der Waals surface area contributed by atoms with Crippen LogP contribution in [0.5, 0.6) is 0 Å². The average Bonchev–Trinajstić information content (AvgIpc) is 3.02. The van der Waals surface area contributed by atoms with Gasteiger partial charge in [-0.25, -0.2) is 0 Å². The largest absolute Gasteiger partial charge is 0.458 e. The highest BCUT2D eigenvalue weighted by molar-refractivity contribution is 5.71. The number of aldehydes is 1. The SMILES string of the molecule is Cc1cc2c(cc1C1CCCc3oc(C=O)cc31)C(C)(C)CCC2(C)C. The molecule has 4 rings (SSSR count). The molecule has 0 aliphatic heterocycles. The highest BCUT2D eigenvalue weighted by Crippen LogP contribution is 2.48. The first kappa shape index (κ1) is 17.6. The van der Waals surface area contributed by atoms with E-state index in [-0.39, 0.29) is 10.8 Å². The van der Waals surface area contributed by atoms with Crippen molar-refractivity contribution < 1.29 is 9.21 Å². The topological polar surface area (TPSA) is 30.2 Å². The molecule has 1 aromatic carbocycles. The number of hydrogen-bond donors (Lipinski definition) is 0. The van der Waals surface area contributed by atoms with Gasteiger partial charge in [0.1, 0.15) is 5.76 Å². The number of aryl methyl sites for hydroxylation is 2. The van der Waals surface area contributed by atoms with Crippen molar-refractivity contribution in [2.75, 3.05) is 0 Å². The van der Waals surface area contributed by atoms with Gasteiger partial charge < -0.3 is 4.42 Å². The van der Waals surface area contributed by atoms with Crippen LogP contribution in [0.2, 0.25) is 0 Å². The molecule has 0 bridgehead atoms. The first-order valence-electron chi connectivity index (χ1n) is 9.96. The Morgan fingerprint density at radius 2 is 1.65 bits per heavy atom. The van der Waals surface area contributed by atoms with Crippen LogP contribution < -0.4 is 0 Å². The molecule has 2 aromatic rings. The third-order valence-electron chi connectivity index (χ3n) is 6.86. The Kier molecular flexibility index (Phi) is 3.95. The molecule has 1 aromatic heterocycles. The van der Waals surface area contributed by atoms with Crippen LogP contribution in [-0.4, -0.2) is 6.29 Å². The van der Waals surface area contributed by atoms with Crippen molar-refractivity contribution in [2.45, 2.75) is 83.5 Å². The minimum atomic E-state index is 0.217. The number of carbonyl (C=O) groups is 1. The van der Waals surface area contributed by atoms with Crippen molar-refractivity contribution in [3.63, 3.8) is 0 Å². The normalized spacial score (nSPS) is 23.2. The van der Waals surface area contributed by atoms with Gasteiger partial charge in [-0.2, -0.15) is 0 Å². The molecule has 2 nitrogen and oxygen atoms in total. The zero-order valence-corrected chi connectivity index (χ0v) is 16.7. The Hall–Kier alpha value is -1.83. The molecule has 0 spiro atoms. The summed E-state index contributed by atoms with van der Waals surface area (Å²) in [4.78, 5) is 11.2. The maximum absolute atomic E-state index is 11.2. The lowest BCUT2D eigenvalue weighted by Gasteiger charge is -2.43. The Bertz CT molecular complexity index is 867. The van der Waals surface area contributed by atoms with Crippen LogP contribution in [0.15, 0.2) is 22.6 Å². The third kappa shape index (κ3) is 2.66. The monoisotopic (exact) mass is 350 g/mol. The van der Waals surface area contributed by atoms with Crippen molar-refractivity contribution >= 4 is 6.29 Å². The summed E-state index contributed by atoms with van der Waals surface area (Å²) in [7, 11) is 0. The number of rotatable bonds is 2. The van der Waals surface area contributed by atoms with Crippen LogP contribution in [0.1, 0.15) is 103 Å². The van der Waals surface area contributed by atoms with E-state index in [4.69, 9.17) is 4.42 Å². The molecule has 0 N–H and O–H groups in total. The molecule has 0 saturated carbocycles. The van der Waals surface area contributed by atoms with E-state index >= 15 is 0 Å². The van der Waals surface area contributed by atoms with E-state index in [2.05, 4.69) is 46.8 Å². The molecule has 1 heterocycles. The molecule has 1 unspecified atom stereocenters. The lowest BCUT2D eigenvalue weighted by molar-refractivity contribution is 0.109. The highest BCUT2D eigenvalue weighted by Gasteiger charge is 2.38. The summed E-state index contributed by atoms with van der Waals surface area (Å²) in [6, 6.07) is 6.90. The Morgan fingerprint density at radius 1 is 1.00 bits per heavy atom. The smallest absolute Gasteiger partial charge is 0.185 e. The van der Waals surface area contributed by atoms with Gasteiger partial charge in [0.25, 0.3) is 0 Å². The molecule has 2 aliphatic rings. The van der Waals surface area contributed by atoms with Crippen LogP contribution >= 0.6 is 0 Å². The molecule has 2 aliphatic carbocycles. The summed E-state index contributed by atoms with van der Waals surface area (Å²) >= 11 is 0. The zero-order valence-electron chi connectivity index (χ0n) is 16.7. The molecule has 138 valence electrons. The molecule has 1 atom stereocenters. The second kappa shape index (κ2) is 5.84. The highest BCUT2D eigenvalue weighted by atomic mass is 16.3. The summed E-state index contributed by atoms with van der Waals surface area (Å²) in [5.74, 6) is 1.83. The number of furan rings is 1. The summed E-state index contributed by atoms with van der Waals surface area (Å²) in [6.45, 7) is 11.8.